The Morgan fingerprint density at radius 1 is 0.812 bits per heavy atom. The standard InChI is InChI=1S/C16H32/c1-3-5-7-9-12-15(11-8-6-4-2)16-13-10-14-16/h15-16H,3-14H2,1-2H3. The Balaban J connectivity index is 2.10. The SMILES string of the molecule is CCCCCCC(CCCCC)C1CCC1. The molecule has 0 heterocycles. The van der Waals surface area contributed by atoms with Gasteiger partial charge < -0.3 is 0 Å². The lowest BCUT2D eigenvalue weighted by atomic mass is 9.72. The molecule has 0 N–H and O–H groups in total. The molecule has 1 unspecified atom stereocenters. The fourth-order valence-corrected chi connectivity index (χ4v) is 3.02. The van der Waals surface area contributed by atoms with Crippen molar-refractivity contribution in [2.24, 2.45) is 11.8 Å². The maximum absolute atomic E-state index is 2.32. The van der Waals surface area contributed by atoms with Crippen LogP contribution in [0.5, 0.6) is 0 Å². The maximum atomic E-state index is 2.32. The van der Waals surface area contributed by atoms with Gasteiger partial charge in [0, 0.05) is 0 Å². The average Bonchev–Trinajstić information content (AvgIpc) is 2.21. The molecule has 0 saturated heterocycles. The first-order valence-electron chi connectivity index (χ1n) is 7.88. The quantitative estimate of drug-likeness (QED) is 0.402. The van der Waals surface area contributed by atoms with E-state index in [0.717, 1.165) is 11.8 Å². The normalized spacial score (nSPS) is 18.4. The predicted molar refractivity (Wildman–Crippen MR) is 73.7 cm³/mol. The van der Waals surface area contributed by atoms with Crippen molar-refractivity contribution in [3.8, 4) is 0 Å². The van der Waals surface area contributed by atoms with Gasteiger partial charge in [0.25, 0.3) is 0 Å². The largest absolute Gasteiger partial charge is 0.0654 e. The highest BCUT2D eigenvalue weighted by Gasteiger charge is 2.26. The molecular weight excluding hydrogens is 192 g/mol. The molecule has 1 saturated carbocycles. The third kappa shape index (κ3) is 5.37. The van der Waals surface area contributed by atoms with Crippen LogP contribution in [-0.4, -0.2) is 0 Å². The van der Waals surface area contributed by atoms with Crippen molar-refractivity contribution in [1.29, 1.82) is 0 Å². The van der Waals surface area contributed by atoms with Crippen molar-refractivity contribution in [2.75, 3.05) is 0 Å². The summed E-state index contributed by atoms with van der Waals surface area (Å²) in [5.74, 6) is 2.22. The third-order valence-electron chi connectivity index (χ3n) is 4.42. The first-order valence-corrected chi connectivity index (χ1v) is 7.88. The molecule has 96 valence electrons. The predicted octanol–water partition coefficient (Wildman–Crippen LogP) is 5.95. The summed E-state index contributed by atoms with van der Waals surface area (Å²) in [5, 5.41) is 0. The van der Waals surface area contributed by atoms with E-state index >= 15 is 0 Å². The van der Waals surface area contributed by atoms with E-state index in [2.05, 4.69) is 13.8 Å². The minimum absolute atomic E-state index is 1.09. The van der Waals surface area contributed by atoms with Crippen molar-refractivity contribution in [2.45, 2.75) is 90.9 Å². The van der Waals surface area contributed by atoms with Gasteiger partial charge in [-0.25, -0.2) is 0 Å². The van der Waals surface area contributed by atoms with E-state index in [-0.39, 0.29) is 0 Å². The van der Waals surface area contributed by atoms with Crippen LogP contribution in [0.3, 0.4) is 0 Å². The van der Waals surface area contributed by atoms with Crippen molar-refractivity contribution in [1.82, 2.24) is 0 Å². The van der Waals surface area contributed by atoms with Crippen LogP contribution in [0, 0.1) is 11.8 Å². The second-order valence-electron chi connectivity index (χ2n) is 5.80. The van der Waals surface area contributed by atoms with Gasteiger partial charge in [-0.1, -0.05) is 90.9 Å². The summed E-state index contributed by atoms with van der Waals surface area (Å²) < 4.78 is 0. The molecule has 0 heteroatoms. The number of unbranched alkanes of at least 4 members (excludes halogenated alkanes) is 5. The van der Waals surface area contributed by atoms with Crippen LogP contribution in [0.4, 0.5) is 0 Å². The van der Waals surface area contributed by atoms with E-state index in [0.29, 0.717) is 0 Å². The lowest BCUT2D eigenvalue weighted by Crippen LogP contribution is -2.22. The molecule has 0 amide bonds. The molecule has 0 aliphatic heterocycles. The van der Waals surface area contributed by atoms with Gasteiger partial charge in [0.05, 0.1) is 0 Å². The summed E-state index contributed by atoms with van der Waals surface area (Å²) in [6.07, 6.45) is 17.8. The van der Waals surface area contributed by atoms with Gasteiger partial charge in [-0.05, 0) is 11.8 Å². The summed E-state index contributed by atoms with van der Waals surface area (Å²) in [5.41, 5.74) is 0. The van der Waals surface area contributed by atoms with Crippen LogP contribution in [0.15, 0.2) is 0 Å². The Morgan fingerprint density at radius 3 is 1.88 bits per heavy atom. The molecule has 1 atom stereocenters. The zero-order chi connectivity index (χ0) is 11.6. The Kier molecular flexibility index (Phi) is 7.98. The van der Waals surface area contributed by atoms with Gasteiger partial charge >= 0.3 is 0 Å². The third-order valence-corrected chi connectivity index (χ3v) is 4.42. The second kappa shape index (κ2) is 9.07. The van der Waals surface area contributed by atoms with Gasteiger partial charge in [-0.3, -0.25) is 0 Å². The van der Waals surface area contributed by atoms with Crippen LogP contribution < -0.4 is 0 Å². The van der Waals surface area contributed by atoms with E-state index in [1.54, 1.807) is 12.8 Å². The van der Waals surface area contributed by atoms with Crippen molar-refractivity contribution < 1.29 is 0 Å². The Labute approximate surface area is 103 Å². The van der Waals surface area contributed by atoms with Gasteiger partial charge in [0.1, 0.15) is 0 Å². The van der Waals surface area contributed by atoms with Crippen LogP contribution in [-0.2, 0) is 0 Å². The Hall–Kier alpha value is 0. The van der Waals surface area contributed by atoms with Crippen molar-refractivity contribution in [3.05, 3.63) is 0 Å². The first-order chi connectivity index (χ1) is 7.88. The molecule has 0 spiro atoms. The van der Waals surface area contributed by atoms with Crippen LogP contribution in [0.2, 0.25) is 0 Å². The van der Waals surface area contributed by atoms with E-state index in [9.17, 15) is 0 Å². The lowest BCUT2D eigenvalue weighted by Gasteiger charge is -2.34. The second-order valence-corrected chi connectivity index (χ2v) is 5.80. The van der Waals surface area contributed by atoms with Crippen LogP contribution in [0.1, 0.15) is 90.9 Å². The average molecular weight is 224 g/mol. The molecule has 0 nitrogen and oxygen atoms in total. The molecule has 1 rings (SSSR count). The van der Waals surface area contributed by atoms with E-state index in [1.165, 1.54) is 64.2 Å². The summed E-state index contributed by atoms with van der Waals surface area (Å²) in [4.78, 5) is 0. The molecule has 0 aromatic rings. The zero-order valence-electron chi connectivity index (χ0n) is 11.6. The first kappa shape index (κ1) is 14.1. The smallest absolute Gasteiger partial charge is 0.0386 e. The molecule has 0 aromatic carbocycles. The van der Waals surface area contributed by atoms with E-state index in [4.69, 9.17) is 0 Å². The molecule has 0 radical (unpaired) electrons. The summed E-state index contributed by atoms with van der Waals surface area (Å²) in [6, 6.07) is 0. The molecule has 16 heavy (non-hydrogen) atoms. The monoisotopic (exact) mass is 224 g/mol. The summed E-state index contributed by atoms with van der Waals surface area (Å²) in [6.45, 7) is 4.63. The van der Waals surface area contributed by atoms with Crippen molar-refractivity contribution >= 4 is 0 Å². The highest BCUT2D eigenvalue weighted by Crippen LogP contribution is 2.38. The fourth-order valence-electron chi connectivity index (χ4n) is 3.02. The van der Waals surface area contributed by atoms with Gasteiger partial charge in [-0.15, -0.1) is 0 Å². The molecule has 0 aromatic heterocycles. The molecule has 1 fully saturated rings. The fraction of sp³-hybridized carbons (Fsp3) is 1.00. The number of hydrogen-bond donors (Lipinski definition) is 0. The molecular formula is C16H32. The molecule has 1 aliphatic rings. The minimum Gasteiger partial charge on any atom is -0.0654 e. The summed E-state index contributed by atoms with van der Waals surface area (Å²) in [7, 11) is 0. The van der Waals surface area contributed by atoms with Gasteiger partial charge in [0.2, 0.25) is 0 Å². The van der Waals surface area contributed by atoms with E-state index in [1.807, 2.05) is 0 Å². The Morgan fingerprint density at radius 2 is 1.38 bits per heavy atom. The van der Waals surface area contributed by atoms with Crippen LogP contribution >= 0.6 is 0 Å². The van der Waals surface area contributed by atoms with Crippen LogP contribution in [0.25, 0.3) is 0 Å². The molecule has 1 aliphatic carbocycles. The number of hydrogen-bond acceptors (Lipinski definition) is 0. The van der Waals surface area contributed by atoms with Gasteiger partial charge in [-0.2, -0.15) is 0 Å². The van der Waals surface area contributed by atoms with E-state index < -0.39 is 0 Å². The summed E-state index contributed by atoms with van der Waals surface area (Å²) >= 11 is 0. The Bertz CT molecular complexity index is 146. The highest BCUT2D eigenvalue weighted by molar-refractivity contribution is 4.77. The zero-order valence-corrected chi connectivity index (χ0v) is 11.6. The lowest BCUT2D eigenvalue weighted by molar-refractivity contribution is 0.178. The maximum Gasteiger partial charge on any atom is -0.0386 e. The highest BCUT2D eigenvalue weighted by atomic mass is 14.3. The minimum atomic E-state index is 1.09. The van der Waals surface area contributed by atoms with Crippen molar-refractivity contribution in [3.63, 3.8) is 0 Å². The molecule has 0 bridgehead atoms. The topological polar surface area (TPSA) is 0 Å². The van der Waals surface area contributed by atoms with Gasteiger partial charge in [0.15, 0.2) is 0 Å². The number of rotatable bonds is 10.